The van der Waals surface area contributed by atoms with E-state index in [1.807, 2.05) is 24.3 Å². The molecule has 110 valence electrons. The van der Waals surface area contributed by atoms with Gasteiger partial charge in [-0.1, -0.05) is 29.8 Å². The Kier molecular flexibility index (Phi) is 4.84. The van der Waals surface area contributed by atoms with Crippen LogP contribution in [-0.4, -0.2) is 6.04 Å². The minimum Gasteiger partial charge on any atom is -0.310 e. The third kappa shape index (κ3) is 4.47. The van der Waals surface area contributed by atoms with Crippen LogP contribution in [0.2, 0.25) is 5.02 Å². The van der Waals surface area contributed by atoms with Gasteiger partial charge >= 0.3 is 0 Å². The van der Waals surface area contributed by atoms with Crippen molar-refractivity contribution in [3.63, 3.8) is 0 Å². The summed E-state index contributed by atoms with van der Waals surface area (Å²) in [5.41, 5.74) is 2.08. The predicted molar refractivity (Wildman–Crippen MR) is 87.3 cm³/mol. The van der Waals surface area contributed by atoms with Crippen LogP contribution in [0.5, 0.6) is 0 Å². The summed E-state index contributed by atoms with van der Waals surface area (Å²) < 4.78 is 13.7. The lowest BCUT2D eigenvalue weighted by molar-refractivity contribution is 0.615. The number of hydrogen-bond acceptors (Lipinski definition) is 2. The van der Waals surface area contributed by atoms with Crippen LogP contribution in [0.15, 0.2) is 47.4 Å². The summed E-state index contributed by atoms with van der Waals surface area (Å²) in [7, 11) is 0. The highest BCUT2D eigenvalue weighted by molar-refractivity contribution is 7.98. The maximum Gasteiger partial charge on any atom is 0.124 e. The minimum atomic E-state index is -0.174. The Morgan fingerprint density at radius 2 is 2.00 bits per heavy atom. The van der Waals surface area contributed by atoms with Crippen LogP contribution in [0.1, 0.15) is 24.0 Å². The molecule has 1 nitrogen and oxygen atoms in total. The van der Waals surface area contributed by atoms with E-state index in [1.54, 1.807) is 23.9 Å². The summed E-state index contributed by atoms with van der Waals surface area (Å²) in [6.07, 6.45) is 2.48. The number of halogens is 2. The third-order valence-corrected chi connectivity index (χ3v) is 4.85. The largest absolute Gasteiger partial charge is 0.310 e. The van der Waals surface area contributed by atoms with Crippen molar-refractivity contribution in [2.24, 2.45) is 0 Å². The molecule has 3 rings (SSSR count). The van der Waals surface area contributed by atoms with Gasteiger partial charge in [0.1, 0.15) is 5.82 Å². The summed E-state index contributed by atoms with van der Waals surface area (Å²) in [6.45, 7) is 0.738. The van der Waals surface area contributed by atoms with E-state index in [9.17, 15) is 4.39 Å². The summed E-state index contributed by atoms with van der Waals surface area (Å²) >= 11 is 7.76. The Balaban J connectivity index is 1.65. The van der Waals surface area contributed by atoms with E-state index >= 15 is 0 Å². The Bertz CT molecular complexity index is 628. The third-order valence-electron chi connectivity index (χ3n) is 3.46. The zero-order chi connectivity index (χ0) is 14.7. The monoisotopic (exact) mass is 321 g/mol. The molecule has 4 heteroatoms. The Morgan fingerprint density at radius 3 is 2.76 bits per heavy atom. The molecule has 0 amide bonds. The van der Waals surface area contributed by atoms with Crippen LogP contribution in [0, 0.1) is 5.82 Å². The average Bonchev–Trinajstić information content (AvgIpc) is 3.28. The fourth-order valence-corrected chi connectivity index (χ4v) is 3.42. The maximum absolute atomic E-state index is 13.7. The molecule has 0 spiro atoms. The lowest BCUT2D eigenvalue weighted by Crippen LogP contribution is -2.15. The first-order valence-corrected chi connectivity index (χ1v) is 8.46. The highest BCUT2D eigenvalue weighted by Gasteiger charge is 2.20. The lowest BCUT2D eigenvalue weighted by Gasteiger charge is -2.08. The van der Waals surface area contributed by atoms with Crippen molar-refractivity contribution in [2.75, 3.05) is 0 Å². The predicted octanol–water partition coefficient (Wildman–Crippen LogP) is 5.02. The summed E-state index contributed by atoms with van der Waals surface area (Å²) in [5, 5.41) is 4.17. The van der Waals surface area contributed by atoms with Gasteiger partial charge in [-0.25, -0.2) is 4.39 Å². The van der Waals surface area contributed by atoms with Crippen LogP contribution in [0.3, 0.4) is 0 Å². The Labute approximate surface area is 133 Å². The summed E-state index contributed by atoms with van der Waals surface area (Å²) in [5.74, 6) is 0.574. The van der Waals surface area contributed by atoms with Crippen molar-refractivity contribution in [3.05, 3.63) is 64.4 Å². The lowest BCUT2D eigenvalue weighted by atomic mass is 10.2. The summed E-state index contributed by atoms with van der Waals surface area (Å²) in [4.78, 5) is 0.947. The molecule has 2 aromatic rings. The van der Waals surface area contributed by atoms with Gasteiger partial charge in [0.05, 0.1) is 0 Å². The van der Waals surface area contributed by atoms with Gasteiger partial charge in [0.15, 0.2) is 0 Å². The fourth-order valence-electron chi connectivity index (χ4n) is 2.13. The molecule has 1 N–H and O–H groups in total. The van der Waals surface area contributed by atoms with Crippen molar-refractivity contribution >= 4 is 23.4 Å². The molecule has 1 fully saturated rings. The van der Waals surface area contributed by atoms with Crippen molar-refractivity contribution in [1.29, 1.82) is 0 Å². The van der Waals surface area contributed by atoms with Gasteiger partial charge < -0.3 is 5.32 Å². The number of benzene rings is 2. The van der Waals surface area contributed by atoms with Crippen molar-refractivity contribution < 1.29 is 4.39 Å². The molecular formula is C17H17ClFNS. The quantitative estimate of drug-likeness (QED) is 0.749. The number of rotatable bonds is 6. The SMILES string of the molecule is Fc1cc(CNC2CC2)cc(SCc2ccccc2Cl)c1. The minimum absolute atomic E-state index is 0.174. The first-order valence-electron chi connectivity index (χ1n) is 7.10. The van der Waals surface area contributed by atoms with Crippen LogP contribution < -0.4 is 5.32 Å². The second-order valence-corrected chi connectivity index (χ2v) is 6.79. The van der Waals surface area contributed by atoms with Crippen molar-refractivity contribution in [1.82, 2.24) is 5.32 Å². The fraction of sp³-hybridized carbons (Fsp3) is 0.294. The van der Waals surface area contributed by atoms with E-state index in [2.05, 4.69) is 11.4 Å². The van der Waals surface area contributed by atoms with Crippen LogP contribution in [0.25, 0.3) is 0 Å². The molecule has 1 aliphatic carbocycles. The van der Waals surface area contributed by atoms with Gasteiger partial charge in [0.2, 0.25) is 0 Å². The van der Waals surface area contributed by atoms with E-state index in [-0.39, 0.29) is 5.82 Å². The maximum atomic E-state index is 13.7. The standard InChI is InChI=1S/C17H17ClFNS/c18-17-4-2-1-3-13(17)11-21-16-8-12(7-14(19)9-16)10-20-15-5-6-15/h1-4,7-9,15,20H,5-6,10-11H2. The van der Waals surface area contributed by atoms with Crippen LogP contribution in [-0.2, 0) is 12.3 Å². The average molecular weight is 322 g/mol. The smallest absolute Gasteiger partial charge is 0.124 e. The summed E-state index contributed by atoms with van der Waals surface area (Å²) in [6, 6.07) is 13.7. The number of nitrogens with one attached hydrogen (secondary N) is 1. The first kappa shape index (κ1) is 14.9. The normalized spacial score (nSPS) is 14.4. The highest BCUT2D eigenvalue weighted by atomic mass is 35.5. The molecule has 21 heavy (non-hydrogen) atoms. The molecule has 0 bridgehead atoms. The van der Waals surface area contributed by atoms with Gasteiger partial charge in [-0.2, -0.15) is 0 Å². The first-order chi connectivity index (χ1) is 10.2. The Hall–Kier alpha value is -1.03. The second kappa shape index (κ2) is 6.82. The molecule has 1 saturated carbocycles. The van der Waals surface area contributed by atoms with E-state index < -0.39 is 0 Å². The highest BCUT2D eigenvalue weighted by Crippen LogP contribution is 2.28. The van der Waals surface area contributed by atoms with Gasteiger partial charge in [-0.15, -0.1) is 11.8 Å². The molecule has 0 saturated heterocycles. The zero-order valence-electron chi connectivity index (χ0n) is 11.6. The van der Waals surface area contributed by atoms with E-state index in [4.69, 9.17) is 11.6 Å². The number of hydrogen-bond donors (Lipinski definition) is 1. The van der Waals surface area contributed by atoms with E-state index in [0.29, 0.717) is 6.04 Å². The van der Waals surface area contributed by atoms with E-state index in [0.717, 1.165) is 33.3 Å². The molecule has 0 atom stereocenters. The zero-order valence-corrected chi connectivity index (χ0v) is 13.2. The van der Waals surface area contributed by atoms with Crippen LogP contribution in [0.4, 0.5) is 4.39 Å². The Morgan fingerprint density at radius 1 is 1.19 bits per heavy atom. The molecule has 0 radical (unpaired) electrons. The van der Waals surface area contributed by atoms with Gasteiger partial charge in [-0.05, 0) is 48.2 Å². The van der Waals surface area contributed by atoms with Crippen molar-refractivity contribution in [3.8, 4) is 0 Å². The topological polar surface area (TPSA) is 12.0 Å². The number of thioether (sulfide) groups is 1. The molecular weight excluding hydrogens is 305 g/mol. The van der Waals surface area contributed by atoms with Gasteiger partial charge in [0, 0.05) is 28.3 Å². The molecule has 0 aromatic heterocycles. The molecule has 0 aliphatic heterocycles. The molecule has 0 heterocycles. The molecule has 0 unspecified atom stereocenters. The van der Waals surface area contributed by atoms with E-state index in [1.165, 1.54) is 12.8 Å². The van der Waals surface area contributed by atoms with Crippen molar-refractivity contribution in [2.45, 2.75) is 36.1 Å². The van der Waals surface area contributed by atoms with Crippen LogP contribution >= 0.6 is 23.4 Å². The molecule has 2 aromatic carbocycles. The van der Waals surface area contributed by atoms with Gasteiger partial charge in [0.25, 0.3) is 0 Å². The molecule has 1 aliphatic rings. The van der Waals surface area contributed by atoms with Gasteiger partial charge in [-0.3, -0.25) is 0 Å². The second-order valence-electron chi connectivity index (χ2n) is 5.33.